The Balaban J connectivity index is 1.97. The molecule has 7 nitrogen and oxygen atoms in total. The van der Waals surface area contributed by atoms with E-state index in [2.05, 4.69) is 14.7 Å². The van der Waals surface area contributed by atoms with E-state index in [1.54, 1.807) is 18.2 Å². The van der Waals surface area contributed by atoms with Gasteiger partial charge in [0, 0.05) is 6.61 Å². The fraction of sp³-hybridized carbons (Fsp3) is 0.400. The molecular weight excluding hydrogens is 288 g/mol. The average Bonchev–Trinajstić information content (AvgIpc) is 2.94. The van der Waals surface area contributed by atoms with Crippen molar-refractivity contribution in [3.8, 4) is 0 Å². The van der Waals surface area contributed by atoms with Gasteiger partial charge in [-0.15, -0.1) is 0 Å². The smallest absolute Gasteiger partial charge is 0.337 e. The molecule has 0 amide bonds. The summed E-state index contributed by atoms with van der Waals surface area (Å²) in [5, 5.41) is 0. The molecule has 0 atom stereocenters. The largest absolute Gasteiger partial charge is 0.465 e. The maximum absolute atomic E-state index is 11.5. The van der Waals surface area contributed by atoms with Crippen LogP contribution in [0.5, 0.6) is 0 Å². The molecule has 2 aromatic rings. The minimum atomic E-state index is -0.416. The van der Waals surface area contributed by atoms with Crippen LogP contribution in [-0.2, 0) is 25.6 Å². The van der Waals surface area contributed by atoms with Gasteiger partial charge >= 0.3 is 11.9 Å². The lowest BCUT2D eigenvalue weighted by Crippen LogP contribution is -2.08. The van der Waals surface area contributed by atoms with Crippen LogP contribution in [0.2, 0.25) is 0 Å². The fourth-order valence-electron chi connectivity index (χ4n) is 1.90. The van der Waals surface area contributed by atoms with Crippen LogP contribution in [0, 0.1) is 0 Å². The number of hydrogen-bond acceptors (Lipinski definition) is 6. The molecule has 0 radical (unpaired) electrons. The highest BCUT2D eigenvalue weighted by molar-refractivity contribution is 5.93. The third-order valence-electron chi connectivity index (χ3n) is 2.98. The van der Waals surface area contributed by atoms with Gasteiger partial charge in [-0.25, -0.2) is 9.78 Å². The Kier molecular flexibility index (Phi) is 5.48. The summed E-state index contributed by atoms with van der Waals surface area (Å²) < 4.78 is 14.8. The second-order valence-corrected chi connectivity index (χ2v) is 4.51. The summed E-state index contributed by atoms with van der Waals surface area (Å²) in [5.74, 6) is -0.244. The zero-order valence-corrected chi connectivity index (χ0v) is 12.5. The SMILES string of the molecule is CCOCCC(=O)OCc1nc2ccc(C(=O)OC)cc2[nH]1. The maximum Gasteiger partial charge on any atom is 0.337 e. The number of hydrogen-bond donors (Lipinski definition) is 1. The number of benzene rings is 1. The summed E-state index contributed by atoms with van der Waals surface area (Å²) >= 11 is 0. The van der Waals surface area contributed by atoms with Crippen molar-refractivity contribution in [2.24, 2.45) is 0 Å². The zero-order valence-electron chi connectivity index (χ0n) is 12.5. The lowest BCUT2D eigenvalue weighted by Gasteiger charge is -2.02. The number of H-pyrrole nitrogens is 1. The van der Waals surface area contributed by atoms with Crippen LogP contribution >= 0.6 is 0 Å². The molecule has 1 heterocycles. The van der Waals surface area contributed by atoms with E-state index in [9.17, 15) is 9.59 Å². The summed E-state index contributed by atoms with van der Waals surface area (Å²) in [7, 11) is 1.33. The average molecular weight is 306 g/mol. The van der Waals surface area contributed by atoms with Gasteiger partial charge in [0.1, 0.15) is 12.4 Å². The minimum Gasteiger partial charge on any atom is -0.465 e. The number of carbonyl (C=O) groups excluding carboxylic acids is 2. The minimum absolute atomic E-state index is 0.0488. The van der Waals surface area contributed by atoms with E-state index in [1.807, 2.05) is 6.92 Å². The van der Waals surface area contributed by atoms with Crippen molar-refractivity contribution in [1.29, 1.82) is 0 Å². The van der Waals surface area contributed by atoms with Crippen LogP contribution in [0.25, 0.3) is 11.0 Å². The Morgan fingerprint density at radius 2 is 2.14 bits per heavy atom. The van der Waals surface area contributed by atoms with Gasteiger partial charge in [-0.2, -0.15) is 0 Å². The highest BCUT2D eigenvalue weighted by Gasteiger charge is 2.10. The predicted molar refractivity (Wildman–Crippen MR) is 78.3 cm³/mol. The zero-order chi connectivity index (χ0) is 15.9. The molecule has 1 aromatic carbocycles. The highest BCUT2D eigenvalue weighted by Crippen LogP contribution is 2.15. The fourth-order valence-corrected chi connectivity index (χ4v) is 1.90. The number of nitrogens with zero attached hydrogens (tertiary/aromatic N) is 1. The quantitative estimate of drug-likeness (QED) is 0.620. The van der Waals surface area contributed by atoms with Crippen LogP contribution in [0.3, 0.4) is 0 Å². The molecular formula is C15H18N2O5. The van der Waals surface area contributed by atoms with Crippen LogP contribution in [0.1, 0.15) is 29.5 Å². The van der Waals surface area contributed by atoms with Crippen LogP contribution in [0.4, 0.5) is 0 Å². The van der Waals surface area contributed by atoms with E-state index in [1.165, 1.54) is 7.11 Å². The van der Waals surface area contributed by atoms with Crippen molar-refractivity contribution in [3.05, 3.63) is 29.6 Å². The van der Waals surface area contributed by atoms with Crippen molar-refractivity contribution in [2.75, 3.05) is 20.3 Å². The van der Waals surface area contributed by atoms with Gasteiger partial charge in [-0.05, 0) is 25.1 Å². The Bertz CT molecular complexity index is 665. The third-order valence-corrected chi connectivity index (χ3v) is 2.98. The lowest BCUT2D eigenvalue weighted by atomic mass is 10.2. The first kappa shape index (κ1) is 16.0. The number of fused-ring (bicyclic) bond motifs is 1. The molecule has 0 bridgehead atoms. The standard InChI is InChI=1S/C15H18N2O5/c1-3-21-7-6-14(18)22-9-13-16-11-5-4-10(15(19)20-2)8-12(11)17-13/h4-5,8H,3,6-7,9H2,1-2H3,(H,16,17). The number of rotatable bonds is 7. The van der Waals surface area contributed by atoms with Gasteiger partial charge in [-0.3, -0.25) is 4.79 Å². The van der Waals surface area contributed by atoms with Gasteiger partial charge in [0.05, 0.1) is 36.7 Å². The lowest BCUT2D eigenvalue weighted by molar-refractivity contribution is -0.146. The van der Waals surface area contributed by atoms with E-state index in [-0.39, 0.29) is 19.0 Å². The summed E-state index contributed by atoms with van der Waals surface area (Å²) in [4.78, 5) is 30.3. The molecule has 2 rings (SSSR count). The van der Waals surface area contributed by atoms with Gasteiger partial charge in [0.25, 0.3) is 0 Å². The van der Waals surface area contributed by atoms with Crippen molar-refractivity contribution in [3.63, 3.8) is 0 Å². The second-order valence-electron chi connectivity index (χ2n) is 4.51. The van der Waals surface area contributed by atoms with E-state index >= 15 is 0 Å². The summed E-state index contributed by atoms with van der Waals surface area (Å²) in [6.45, 7) is 2.83. The van der Waals surface area contributed by atoms with Gasteiger partial charge in [-0.1, -0.05) is 0 Å². The third kappa shape index (κ3) is 4.05. The van der Waals surface area contributed by atoms with E-state index in [4.69, 9.17) is 9.47 Å². The molecule has 0 aliphatic heterocycles. The van der Waals surface area contributed by atoms with Crippen molar-refractivity contribution in [1.82, 2.24) is 9.97 Å². The van der Waals surface area contributed by atoms with Crippen molar-refractivity contribution >= 4 is 23.0 Å². The summed E-state index contributed by atoms with van der Waals surface area (Å²) in [5.41, 5.74) is 1.80. The van der Waals surface area contributed by atoms with Crippen LogP contribution in [-0.4, -0.2) is 42.2 Å². The first-order valence-electron chi connectivity index (χ1n) is 6.94. The highest BCUT2D eigenvalue weighted by atomic mass is 16.5. The molecule has 0 aliphatic carbocycles. The predicted octanol–water partition coefficient (Wildman–Crippen LogP) is 1.82. The molecule has 0 unspecified atom stereocenters. The number of carbonyl (C=O) groups is 2. The number of imidazole rings is 1. The number of methoxy groups -OCH3 is 1. The van der Waals surface area contributed by atoms with Crippen LogP contribution < -0.4 is 0 Å². The molecule has 0 aliphatic rings. The molecule has 1 aromatic heterocycles. The number of esters is 2. The molecule has 22 heavy (non-hydrogen) atoms. The number of aromatic nitrogens is 2. The van der Waals surface area contributed by atoms with E-state index < -0.39 is 5.97 Å². The van der Waals surface area contributed by atoms with Crippen LogP contribution in [0.15, 0.2) is 18.2 Å². The van der Waals surface area contributed by atoms with Gasteiger partial charge in [0.15, 0.2) is 0 Å². The number of nitrogens with one attached hydrogen (secondary N) is 1. The first-order valence-corrected chi connectivity index (χ1v) is 6.94. The van der Waals surface area contributed by atoms with Crippen molar-refractivity contribution in [2.45, 2.75) is 20.0 Å². The molecule has 118 valence electrons. The number of ether oxygens (including phenoxy) is 3. The molecule has 0 saturated heterocycles. The number of aromatic amines is 1. The monoisotopic (exact) mass is 306 g/mol. The normalized spacial score (nSPS) is 10.6. The Hall–Kier alpha value is -2.41. The van der Waals surface area contributed by atoms with Gasteiger partial charge in [0.2, 0.25) is 0 Å². The summed E-state index contributed by atoms with van der Waals surface area (Å²) in [6, 6.07) is 4.99. The second kappa shape index (κ2) is 7.56. The van der Waals surface area contributed by atoms with Crippen molar-refractivity contribution < 1.29 is 23.8 Å². The van der Waals surface area contributed by atoms with Gasteiger partial charge < -0.3 is 19.2 Å². The summed E-state index contributed by atoms with van der Waals surface area (Å²) in [6.07, 6.45) is 0.209. The van der Waals surface area contributed by atoms with E-state index in [0.717, 1.165) is 0 Å². The molecule has 0 fully saturated rings. The molecule has 0 saturated carbocycles. The maximum atomic E-state index is 11.5. The van der Waals surface area contributed by atoms with E-state index in [0.29, 0.717) is 35.6 Å². The Morgan fingerprint density at radius 1 is 1.32 bits per heavy atom. The topological polar surface area (TPSA) is 90.5 Å². The molecule has 7 heteroatoms. The molecule has 0 spiro atoms. The molecule has 1 N–H and O–H groups in total. The first-order chi connectivity index (χ1) is 10.6. The Labute approximate surface area is 127 Å². The Morgan fingerprint density at radius 3 is 2.86 bits per heavy atom.